The van der Waals surface area contributed by atoms with Crippen molar-refractivity contribution in [1.82, 2.24) is 0 Å². The van der Waals surface area contributed by atoms with Crippen LogP contribution in [0.5, 0.6) is 0 Å². The van der Waals surface area contributed by atoms with Crippen molar-refractivity contribution in [3.63, 3.8) is 0 Å². The van der Waals surface area contributed by atoms with Crippen molar-refractivity contribution < 1.29 is 19.1 Å². The molecule has 0 aromatic rings. The van der Waals surface area contributed by atoms with Crippen LogP contribution in [0.2, 0.25) is 0 Å². The second-order valence-corrected chi connectivity index (χ2v) is 4.07. The molecule has 0 heterocycles. The van der Waals surface area contributed by atoms with Crippen LogP contribution in [-0.2, 0) is 19.1 Å². The number of hydrogen-bond donors (Lipinski definition) is 0. The van der Waals surface area contributed by atoms with Crippen LogP contribution >= 0.6 is 0 Å². The van der Waals surface area contributed by atoms with Gasteiger partial charge >= 0.3 is 11.9 Å². The lowest BCUT2D eigenvalue weighted by Gasteiger charge is -2.22. The number of carbonyl (C=O) groups excluding carboxylic acids is 2. The minimum Gasteiger partial charge on any atom is -0.467 e. The summed E-state index contributed by atoms with van der Waals surface area (Å²) in [4.78, 5) is 23.8. The van der Waals surface area contributed by atoms with Crippen LogP contribution in [0.3, 0.4) is 0 Å². The highest BCUT2D eigenvalue weighted by atomic mass is 16.5. The normalized spacial score (nSPS) is 10.0. The number of esters is 2. The maximum Gasteiger partial charge on any atom is 0.335 e. The van der Waals surface area contributed by atoms with E-state index in [1.54, 1.807) is 6.92 Å². The Morgan fingerprint density at radius 1 is 1.22 bits per heavy atom. The summed E-state index contributed by atoms with van der Waals surface area (Å²) >= 11 is 0. The molecule has 0 aliphatic carbocycles. The van der Waals surface area contributed by atoms with Gasteiger partial charge in [-0.1, -0.05) is 18.4 Å². The van der Waals surface area contributed by atoms with E-state index in [9.17, 15) is 9.59 Å². The molecule has 100 valence electrons. The standard InChI is InChI=1S/C14H20O4/c1-6-7-8-9-14(10-11(2)3,12(15)17-4)13(16)18-5/h2,6-7,10H2,1,3-5H3. The second kappa shape index (κ2) is 7.54. The average Bonchev–Trinajstić information content (AvgIpc) is 2.35. The molecule has 0 radical (unpaired) electrons. The summed E-state index contributed by atoms with van der Waals surface area (Å²) in [5.74, 6) is 4.11. The first kappa shape index (κ1) is 16.2. The molecule has 4 heteroatoms. The van der Waals surface area contributed by atoms with Crippen molar-refractivity contribution in [3.05, 3.63) is 12.2 Å². The van der Waals surface area contributed by atoms with E-state index in [0.29, 0.717) is 12.0 Å². The Morgan fingerprint density at radius 3 is 2.06 bits per heavy atom. The largest absolute Gasteiger partial charge is 0.467 e. The SMILES string of the molecule is C=C(C)CC(C#CCCC)(C(=O)OC)C(=O)OC. The molecule has 0 rings (SSSR count). The Kier molecular flexibility index (Phi) is 6.81. The topological polar surface area (TPSA) is 52.6 Å². The van der Waals surface area contributed by atoms with Gasteiger partial charge in [-0.2, -0.15) is 0 Å². The van der Waals surface area contributed by atoms with Crippen molar-refractivity contribution in [2.45, 2.75) is 33.1 Å². The summed E-state index contributed by atoms with van der Waals surface area (Å²) in [6, 6.07) is 0. The Balaban J connectivity index is 5.56. The molecular formula is C14H20O4. The van der Waals surface area contributed by atoms with Gasteiger partial charge in [-0.05, 0) is 13.3 Å². The number of methoxy groups -OCH3 is 2. The summed E-state index contributed by atoms with van der Waals surface area (Å²) in [7, 11) is 2.44. The smallest absolute Gasteiger partial charge is 0.335 e. The van der Waals surface area contributed by atoms with Crippen LogP contribution in [0, 0.1) is 17.3 Å². The Morgan fingerprint density at radius 2 is 1.72 bits per heavy atom. The van der Waals surface area contributed by atoms with Crippen LogP contribution in [0.1, 0.15) is 33.1 Å². The van der Waals surface area contributed by atoms with Gasteiger partial charge in [0.2, 0.25) is 5.41 Å². The summed E-state index contributed by atoms with van der Waals surface area (Å²) < 4.78 is 9.37. The summed E-state index contributed by atoms with van der Waals surface area (Å²) in [6.45, 7) is 7.41. The third-order valence-electron chi connectivity index (χ3n) is 2.31. The molecule has 0 atom stereocenters. The van der Waals surface area contributed by atoms with E-state index in [0.717, 1.165) is 6.42 Å². The molecule has 0 N–H and O–H groups in total. The van der Waals surface area contributed by atoms with Crippen molar-refractivity contribution in [2.75, 3.05) is 14.2 Å². The van der Waals surface area contributed by atoms with Gasteiger partial charge in [0.05, 0.1) is 14.2 Å². The molecule has 0 aromatic heterocycles. The van der Waals surface area contributed by atoms with Gasteiger partial charge in [-0.3, -0.25) is 0 Å². The zero-order valence-electron chi connectivity index (χ0n) is 11.5. The molecule has 0 aromatic carbocycles. The Bertz CT molecular complexity index is 368. The lowest BCUT2D eigenvalue weighted by molar-refractivity contribution is -0.164. The predicted octanol–water partition coefficient (Wildman–Crippen LogP) is 2.09. The fourth-order valence-electron chi connectivity index (χ4n) is 1.51. The molecule has 0 spiro atoms. The van der Waals surface area contributed by atoms with Crippen molar-refractivity contribution in [2.24, 2.45) is 5.41 Å². The highest BCUT2D eigenvalue weighted by molar-refractivity contribution is 6.03. The van der Waals surface area contributed by atoms with Crippen LogP contribution in [0.4, 0.5) is 0 Å². The van der Waals surface area contributed by atoms with Crippen LogP contribution in [-0.4, -0.2) is 26.2 Å². The van der Waals surface area contributed by atoms with E-state index >= 15 is 0 Å². The lowest BCUT2D eigenvalue weighted by atomic mass is 9.82. The van der Waals surface area contributed by atoms with Gasteiger partial charge in [-0.25, -0.2) is 9.59 Å². The summed E-state index contributed by atoms with van der Waals surface area (Å²) in [6.07, 6.45) is 1.55. The van der Waals surface area contributed by atoms with Gasteiger partial charge in [0, 0.05) is 12.8 Å². The molecule has 0 amide bonds. The van der Waals surface area contributed by atoms with Crippen molar-refractivity contribution in [1.29, 1.82) is 0 Å². The van der Waals surface area contributed by atoms with Gasteiger partial charge in [-0.15, -0.1) is 12.5 Å². The minimum atomic E-state index is -1.59. The molecule has 0 aliphatic rings. The van der Waals surface area contributed by atoms with Crippen LogP contribution < -0.4 is 0 Å². The number of unbranched alkanes of at least 4 members (excludes halogenated alkanes) is 1. The molecule has 0 aliphatic heterocycles. The molecule has 0 bridgehead atoms. The highest BCUT2D eigenvalue weighted by Gasteiger charge is 2.47. The first-order valence-electron chi connectivity index (χ1n) is 5.75. The van der Waals surface area contributed by atoms with Crippen LogP contribution in [0.15, 0.2) is 12.2 Å². The third kappa shape index (κ3) is 3.92. The maximum atomic E-state index is 11.9. The van der Waals surface area contributed by atoms with Gasteiger partial charge in [0.25, 0.3) is 0 Å². The fraction of sp³-hybridized carbons (Fsp3) is 0.571. The number of ether oxygens (including phenoxy) is 2. The average molecular weight is 252 g/mol. The van der Waals surface area contributed by atoms with E-state index in [1.807, 2.05) is 6.92 Å². The van der Waals surface area contributed by atoms with E-state index in [2.05, 4.69) is 27.9 Å². The second-order valence-electron chi connectivity index (χ2n) is 4.07. The molecule has 0 unspecified atom stereocenters. The van der Waals surface area contributed by atoms with Gasteiger partial charge < -0.3 is 9.47 Å². The monoisotopic (exact) mass is 252 g/mol. The maximum absolute atomic E-state index is 11.9. The summed E-state index contributed by atoms with van der Waals surface area (Å²) in [5, 5.41) is 0. The number of hydrogen-bond acceptors (Lipinski definition) is 4. The molecular weight excluding hydrogens is 232 g/mol. The van der Waals surface area contributed by atoms with Gasteiger partial charge in [0.1, 0.15) is 0 Å². The first-order valence-corrected chi connectivity index (χ1v) is 5.75. The molecule has 0 saturated carbocycles. The van der Waals surface area contributed by atoms with Crippen molar-refractivity contribution in [3.8, 4) is 11.8 Å². The van der Waals surface area contributed by atoms with Crippen LogP contribution in [0.25, 0.3) is 0 Å². The molecule has 0 fully saturated rings. The predicted molar refractivity (Wildman–Crippen MR) is 68.6 cm³/mol. The molecule has 18 heavy (non-hydrogen) atoms. The van der Waals surface area contributed by atoms with Crippen molar-refractivity contribution >= 4 is 11.9 Å². The Hall–Kier alpha value is -1.76. The quantitative estimate of drug-likeness (QED) is 0.325. The number of carbonyl (C=O) groups is 2. The molecule has 4 nitrogen and oxygen atoms in total. The van der Waals surface area contributed by atoms with E-state index in [-0.39, 0.29) is 6.42 Å². The van der Waals surface area contributed by atoms with Gasteiger partial charge in [0.15, 0.2) is 0 Å². The molecule has 0 saturated heterocycles. The number of allylic oxidation sites excluding steroid dienone is 1. The minimum absolute atomic E-state index is 0.100. The number of rotatable bonds is 5. The Labute approximate surface area is 108 Å². The highest BCUT2D eigenvalue weighted by Crippen LogP contribution is 2.28. The zero-order chi connectivity index (χ0) is 14.2. The first-order chi connectivity index (χ1) is 8.44. The summed E-state index contributed by atoms with van der Waals surface area (Å²) in [5.41, 5.74) is -0.929. The van der Waals surface area contributed by atoms with E-state index in [1.165, 1.54) is 14.2 Å². The third-order valence-corrected chi connectivity index (χ3v) is 2.31. The van der Waals surface area contributed by atoms with E-state index < -0.39 is 17.4 Å². The zero-order valence-corrected chi connectivity index (χ0v) is 11.5. The van der Waals surface area contributed by atoms with E-state index in [4.69, 9.17) is 0 Å². The lowest BCUT2D eigenvalue weighted by Crippen LogP contribution is -2.40. The fourth-order valence-corrected chi connectivity index (χ4v) is 1.51.